The van der Waals surface area contributed by atoms with Gasteiger partial charge < -0.3 is 9.84 Å². The average molecular weight is 204 g/mol. The molecule has 1 atom stereocenters. The highest BCUT2D eigenvalue weighted by molar-refractivity contribution is 5.88. The monoisotopic (exact) mass is 204 g/mol. The fraction of sp³-hybridized carbons (Fsp3) is 0.250. The number of benzene rings is 1. The maximum atomic E-state index is 10.7. The lowest BCUT2D eigenvalue weighted by atomic mass is 10.1. The van der Waals surface area contributed by atoms with Gasteiger partial charge in [0.05, 0.1) is 7.11 Å². The standard InChI is InChI=1S/C12H12O3/c1-15-12(14)8-7-11(13)9-10-5-3-2-4-6-10/h2-6,11,13H,9H2,1H3. The van der Waals surface area contributed by atoms with Gasteiger partial charge in [0.25, 0.3) is 0 Å². The molecule has 78 valence electrons. The molecule has 3 heteroatoms. The Morgan fingerprint density at radius 2 is 2.13 bits per heavy atom. The van der Waals surface area contributed by atoms with E-state index in [1.807, 2.05) is 30.3 Å². The van der Waals surface area contributed by atoms with Gasteiger partial charge in [-0.3, -0.25) is 0 Å². The number of hydrogen-bond acceptors (Lipinski definition) is 3. The summed E-state index contributed by atoms with van der Waals surface area (Å²) in [5.41, 5.74) is 0.976. The second-order valence-corrected chi connectivity index (χ2v) is 2.97. The van der Waals surface area contributed by atoms with E-state index in [0.29, 0.717) is 6.42 Å². The molecule has 1 unspecified atom stereocenters. The van der Waals surface area contributed by atoms with Crippen molar-refractivity contribution in [2.24, 2.45) is 0 Å². The number of methoxy groups -OCH3 is 1. The van der Waals surface area contributed by atoms with Crippen molar-refractivity contribution in [3.05, 3.63) is 35.9 Å². The summed E-state index contributed by atoms with van der Waals surface area (Å²) in [4.78, 5) is 10.7. The smallest absolute Gasteiger partial charge is 0.384 e. The van der Waals surface area contributed by atoms with Crippen LogP contribution in [0.1, 0.15) is 5.56 Å². The average Bonchev–Trinajstić information content (AvgIpc) is 2.27. The third kappa shape index (κ3) is 4.30. The molecule has 0 aliphatic heterocycles. The van der Waals surface area contributed by atoms with Crippen LogP contribution in [-0.2, 0) is 16.0 Å². The highest BCUT2D eigenvalue weighted by Crippen LogP contribution is 2.01. The molecule has 0 saturated heterocycles. The van der Waals surface area contributed by atoms with Gasteiger partial charge in [-0.05, 0) is 5.56 Å². The summed E-state index contributed by atoms with van der Waals surface area (Å²) in [7, 11) is 1.25. The Bertz CT molecular complexity index is 373. The summed E-state index contributed by atoms with van der Waals surface area (Å²) in [6.45, 7) is 0. The van der Waals surface area contributed by atoms with Crippen LogP contribution in [0.5, 0.6) is 0 Å². The topological polar surface area (TPSA) is 46.5 Å². The van der Waals surface area contributed by atoms with Crippen LogP contribution in [0.15, 0.2) is 30.3 Å². The van der Waals surface area contributed by atoms with Gasteiger partial charge >= 0.3 is 5.97 Å². The summed E-state index contributed by atoms with van der Waals surface area (Å²) in [5, 5.41) is 9.47. The first-order valence-corrected chi connectivity index (χ1v) is 4.54. The van der Waals surface area contributed by atoms with Gasteiger partial charge in [0, 0.05) is 12.3 Å². The Balaban J connectivity index is 2.52. The van der Waals surface area contributed by atoms with Crippen LogP contribution >= 0.6 is 0 Å². The number of carbonyl (C=O) groups excluding carboxylic acids is 1. The summed E-state index contributed by atoms with van der Waals surface area (Å²) < 4.78 is 4.33. The molecule has 1 N–H and O–H groups in total. The van der Waals surface area contributed by atoms with Gasteiger partial charge in [0.15, 0.2) is 0 Å². The van der Waals surface area contributed by atoms with Gasteiger partial charge in [-0.15, -0.1) is 0 Å². The lowest BCUT2D eigenvalue weighted by molar-refractivity contribution is -0.133. The number of esters is 1. The SMILES string of the molecule is COC(=O)C#CC(O)Cc1ccccc1. The molecule has 0 saturated carbocycles. The van der Waals surface area contributed by atoms with Crippen molar-refractivity contribution in [3.63, 3.8) is 0 Å². The van der Waals surface area contributed by atoms with Crippen molar-refractivity contribution in [1.82, 2.24) is 0 Å². The van der Waals surface area contributed by atoms with E-state index in [9.17, 15) is 9.90 Å². The minimum Gasteiger partial charge on any atom is -0.459 e. The Labute approximate surface area is 88.7 Å². The van der Waals surface area contributed by atoms with Gasteiger partial charge in [-0.1, -0.05) is 36.3 Å². The predicted octanol–water partition coefficient (Wildman–Crippen LogP) is 0.766. The number of ether oxygens (including phenoxy) is 1. The number of carbonyl (C=O) groups is 1. The van der Waals surface area contributed by atoms with Crippen LogP contribution in [-0.4, -0.2) is 24.3 Å². The normalized spacial score (nSPS) is 11.1. The molecule has 3 nitrogen and oxygen atoms in total. The van der Waals surface area contributed by atoms with Crippen molar-refractivity contribution >= 4 is 5.97 Å². The third-order valence-electron chi connectivity index (χ3n) is 1.80. The van der Waals surface area contributed by atoms with Crippen LogP contribution in [0.3, 0.4) is 0 Å². The number of rotatable bonds is 2. The first-order chi connectivity index (χ1) is 7.22. The predicted molar refractivity (Wildman–Crippen MR) is 55.9 cm³/mol. The largest absolute Gasteiger partial charge is 0.459 e. The molecule has 0 radical (unpaired) electrons. The third-order valence-corrected chi connectivity index (χ3v) is 1.80. The highest BCUT2D eigenvalue weighted by Gasteiger charge is 2.01. The number of hydrogen-bond donors (Lipinski definition) is 1. The molecule has 1 aromatic carbocycles. The van der Waals surface area contributed by atoms with E-state index in [1.165, 1.54) is 7.11 Å². The van der Waals surface area contributed by atoms with Gasteiger partial charge in [0.1, 0.15) is 6.10 Å². The summed E-state index contributed by atoms with van der Waals surface area (Å²) in [5.74, 6) is 3.97. The van der Waals surface area contributed by atoms with E-state index < -0.39 is 12.1 Å². The lowest BCUT2D eigenvalue weighted by Crippen LogP contribution is -2.08. The fourth-order valence-corrected chi connectivity index (χ4v) is 1.08. The Morgan fingerprint density at radius 3 is 2.73 bits per heavy atom. The molecule has 0 aromatic heterocycles. The summed E-state index contributed by atoms with van der Waals surface area (Å²) >= 11 is 0. The quantitative estimate of drug-likeness (QED) is 0.439. The fourth-order valence-electron chi connectivity index (χ4n) is 1.08. The molecule has 0 aliphatic rings. The maximum Gasteiger partial charge on any atom is 0.384 e. The maximum absolute atomic E-state index is 10.7. The molecule has 15 heavy (non-hydrogen) atoms. The van der Waals surface area contributed by atoms with Crippen molar-refractivity contribution in [2.45, 2.75) is 12.5 Å². The highest BCUT2D eigenvalue weighted by atomic mass is 16.5. The van der Waals surface area contributed by atoms with Crippen molar-refractivity contribution < 1.29 is 14.6 Å². The summed E-state index contributed by atoms with van der Waals surface area (Å²) in [6.07, 6.45) is -0.434. The zero-order valence-electron chi connectivity index (χ0n) is 8.43. The Morgan fingerprint density at radius 1 is 1.47 bits per heavy atom. The van der Waals surface area contributed by atoms with E-state index in [2.05, 4.69) is 16.6 Å². The van der Waals surface area contributed by atoms with Gasteiger partial charge in [0.2, 0.25) is 0 Å². The molecular weight excluding hydrogens is 192 g/mol. The molecule has 0 spiro atoms. The zero-order valence-corrected chi connectivity index (χ0v) is 8.43. The molecule has 0 amide bonds. The molecule has 0 fully saturated rings. The van der Waals surface area contributed by atoms with Crippen LogP contribution in [0, 0.1) is 11.8 Å². The molecule has 0 heterocycles. The van der Waals surface area contributed by atoms with Gasteiger partial charge in [-0.2, -0.15) is 0 Å². The van der Waals surface area contributed by atoms with E-state index in [4.69, 9.17) is 0 Å². The van der Waals surface area contributed by atoms with Crippen molar-refractivity contribution in [2.75, 3.05) is 7.11 Å². The first-order valence-electron chi connectivity index (χ1n) is 4.54. The second kappa shape index (κ2) is 5.84. The Kier molecular flexibility index (Phi) is 4.39. The van der Waals surface area contributed by atoms with Crippen molar-refractivity contribution in [3.8, 4) is 11.8 Å². The Hall–Kier alpha value is -1.79. The van der Waals surface area contributed by atoms with E-state index in [-0.39, 0.29) is 0 Å². The van der Waals surface area contributed by atoms with Crippen LogP contribution in [0.2, 0.25) is 0 Å². The van der Waals surface area contributed by atoms with Crippen LogP contribution in [0.25, 0.3) is 0 Å². The molecule has 1 aromatic rings. The van der Waals surface area contributed by atoms with Crippen LogP contribution < -0.4 is 0 Å². The molecule has 0 aliphatic carbocycles. The number of aliphatic hydroxyl groups excluding tert-OH is 1. The van der Waals surface area contributed by atoms with Crippen LogP contribution in [0.4, 0.5) is 0 Å². The number of aliphatic hydroxyl groups is 1. The molecule has 0 bridgehead atoms. The first kappa shape index (κ1) is 11.3. The zero-order chi connectivity index (χ0) is 11.1. The second-order valence-electron chi connectivity index (χ2n) is 2.97. The summed E-state index contributed by atoms with van der Waals surface area (Å²) in [6, 6.07) is 9.45. The van der Waals surface area contributed by atoms with E-state index in [0.717, 1.165) is 5.56 Å². The minimum absolute atomic E-state index is 0.408. The van der Waals surface area contributed by atoms with E-state index in [1.54, 1.807) is 0 Å². The van der Waals surface area contributed by atoms with E-state index >= 15 is 0 Å². The minimum atomic E-state index is -0.841. The van der Waals surface area contributed by atoms with Gasteiger partial charge in [-0.25, -0.2) is 4.79 Å². The molecule has 1 rings (SSSR count). The lowest BCUT2D eigenvalue weighted by Gasteiger charge is -2.02. The van der Waals surface area contributed by atoms with Crippen molar-refractivity contribution in [1.29, 1.82) is 0 Å². The molecular formula is C12H12O3.